The molecule has 0 spiro atoms. The molecular formula is C22H35IN8S. The van der Waals surface area contributed by atoms with Crippen LogP contribution in [-0.4, -0.2) is 85.8 Å². The van der Waals surface area contributed by atoms with E-state index in [9.17, 15) is 0 Å². The number of rotatable bonds is 7. The van der Waals surface area contributed by atoms with Crippen molar-refractivity contribution < 1.29 is 0 Å². The summed E-state index contributed by atoms with van der Waals surface area (Å²) in [4.78, 5) is 20.8. The van der Waals surface area contributed by atoms with Gasteiger partial charge >= 0.3 is 0 Å². The zero-order chi connectivity index (χ0) is 21.3. The highest BCUT2D eigenvalue weighted by atomic mass is 127. The van der Waals surface area contributed by atoms with Gasteiger partial charge in [0.2, 0.25) is 5.95 Å². The summed E-state index contributed by atoms with van der Waals surface area (Å²) < 4.78 is 0. The molecule has 0 amide bonds. The molecule has 0 atom stereocenters. The lowest BCUT2D eigenvalue weighted by Gasteiger charge is -2.34. The summed E-state index contributed by atoms with van der Waals surface area (Å²) in [5.41, 5.74) is 0. The minimum atomic E-state index is 0. The topological polar surface area (TPSA) is 71.9 Å². The van der Waals surface area contributed by atoms with E-state index >= 15 is 0 Å². The van der Waals surface area contributed by atoms with E-state index in [1.54, 1.807) is 0 Å². The summed E-state index contributed by atoms with van der Waals surface area (Å²) in [5.74, 6) is 1.79. The van der Waals surface area contributed by atoms with Gasteiger partial charge in [-0.1, -0.05) is 0 Å². The van der Waals surface area contributed by atoms with Crippen molar-refractivity contribution >= 4 is 52.2 Å². The maximum atomic E-state index is 4.85. The second-order valence-corrected chi connectivity index (χ2v) is 8.92. The largest absolute Gasteiger partial charge is 0.363 e. The van der Waals surface area contributed by atoms with Crippen LogP contribution in [0, 0.1) is 0 Å². The van der Waals surface area contributed by atoms with Crippen molar-refractivity contribution in [2.45, 2.75) is 25.8 Å². The Morgan fingerprint density at radius 2 is 1.81 bits per heavy atom. The fourth-order valence-corrected chi connectivity index (χ4v) is 4.92. The average Bonchev–Trinajstić information content (AvgIpc) is 3.36. The van der Waals surface area contributed by atoms with Gasteiger partial charge in [-0.3, -0.25) is 9.89 Å². The van der Waals surface area contributed by atoms with Crippen LogP contribution in [0.1, 0.15) is 19.8 Å². The van der Waals surface area contributed by atoms with Gasteiger partial charge in [0, 0.05) is 70.8 Å². The minimum absolute atomic E-state index is 0. The van der Waals surface area contributed by atoms with Crippen molar-refractivity contribution in [2.75, 3.05) is 68.7 Å². The number of halogens is 1. The van der Waals surface area contributed by atoms with Gasteiger partial charge in [0.25, 0.3) is 0 Å². The quantitative estimate of drug-likeness (QED) is 0.301. The van der Waals surface area contributed by atoms with Crippen molar-refractivity contribution in [3.05, 3.63) is 36.0 Å². The maximum Gasteiger partial charge on any atom is 0.225 e. The zero-order valence-corrected chi connectivity index (χ0v) is 22.0. The van der Waals surface area contributed by atoms with Crippen LogP contribution >= 0.6 is 35.3 Å². The standard InChI is InChI=1S/C22H34N8S.HI/c1-2-23-21(27-19-6-11-29(12-7-19)20-5-3-18-31-20)24-10-13-28-14-16-30(17-15-28)22-25-8-4-9-26-22;/h3-5,8-9,18-19H,2,6-7,10-17H2,1H3,(H2,23,24,27);1H. The number of guanidine groups is 1. The molecule has 0 aliphatic carbocycles. The number of nitrogens with one attached hydrogen (secondary N) is 2. The Morgan fingerprint density at radius 3 is 2.47 bits per heavy atom. The zero-order valence-electron chi connectivity index (χ0n) is 18.8. The van der Waals surface area contributed by atoms with Gasteiger partial charge in [-0.15, -0.1) is 35.3 Å². The molecule has 0 unspecified atom stereocenters. The fourth-order valence-electron chi connectivity index (χ4n) is 4.14. The number of anilines is 2. The molecule has 8 nitrogen and oxygen atoms in total. The summed E-state index contributed by atoms with van der Waals surface area (Å²) in [6, 6.07) is 6.70. The highest BCUT2D eigenvalue weighted by Crippen LogP contribution is 2.24. The Hall–Kier alpha value is -1.66. The van der Waals surface area contributed by atoms with Gasteiger partial charge in [-0.2, -0.15) is 0 Å². The molecule has 2 aromatic heterocycles. The second-order valence-electron chi connectivity index (χ2n) is 8.00. The first-order valence-corrected chi connectivity index (χ1v) is 12.3. The molecule has 176 valence electrons. The van der Waals surface area contributed by atoms with E-state index in [0.717, 1.165) is 83.7 Å². The van der Waals surface area contributed by atoms with Crippen LogP contribution in [0.2, 0.25) is 0 Å². The predicted octanol–water partition coefficient (Wildman–Crippen LogP) is 2.50. The maximum absolute atomic E-state index is 4.85. The Kier molecular flexibility index (Phi) is 10.3. The van der Waals surface area contributed by atoms with Crippen molar-refractivity contribution in [2.24, 2.45) is 4.99 Å². The molecule has 0 radical (unpaired) electrons. The summed E-state index contributed by atoms with van der Waals surface area (Å²) in [6.45, 7) is 11.0. The minimum Gasteiger partial charge on any atom is -0.363 e. The van der Waals surface area contributed by atoms with Crippen LogP contribution < -0.4 is 20.4 Å². The Labute approximate surface area is 212 Å². The molecule has 0 saturated carbocycles. The lowest BCUT2D eigenvalue weighted by Crippen LogP contribution is -2.49. The highest BCUT2D eigenvalue weighted by Gasteiger charge is 2.21. The van der Waals surface area contributed by atoms with E-state index in [-0.39, 0.29) is 24.0 Å². The molecule has 2 aliphatic heterocycles. The SMILES string of the molecule is CCNC(=NCCN1CCN(c2ncccn2)CC1)NC1CCN(c2cccs2)CC1.I. The number of aliphatic imine (C=N–C) groups is 1. The van der Waals surface area contributed by atoms with E-state index < -0.39 is 0 Å². The third-order valence-electron chi connectivity index (χ3n) is 5.89. The fraction of sp³-hybridized carbons (Fsp3) is 0.591. The first-order chi connectivity index (χ1) is 15.3. The molecule has 2 saturated heterocycles. The number of thiophene rings is 1. The van der Waals surface area contributed by atoms with E-state index in [1.807, 2.05) is 29.8 Å². The smallest absolute Gasteiger partial charge is 0.225 e. The van der Waals surface area contributed by atoms with Crippen LogP contribution in [-0.2, 0) is 0 Å². The molecule has 32 heavy (non-hydrogen) atoms. The number of aromatic nitrogens is 2. The van der Waals surface area contributed by atoms with Gasteiger partial charge in [0.1, 0.15) is 0 Å². The molecule has 2 aliphatic rings. The van der Waals surface area contributed by atoms with Gasteiger partial charge in [-0.25, -0.2) is 9.97 Å². The summed E-state index contributed by atoms with van der Waals surface area (Å²) in [6.07, 6.45) is 5.91. The first-order valence-electron chi connectivity index (χ1n) is 11.4. The average molecular weight is 571 g/mol. The van der Waals surface area contributed by atoms with Gasteiger partial charge < -0.3 is 20.4 Å². The van der Waals surface area contributed by atoms with Crippen LogP contribution in [0.3, 0.4) is 0 Å². The lowest BCUT2D eigenvalue weighted by molar-refractivity contribution is 0.263. The molecule has 0 bridgehead atoms. The predicted molar refractivity (Wildman–Crippen MR) is 145 cm³/mol. The molecule has 4 rings (SSSR count). The van der Waals surface area contributed by atoms with E-state index in [1.165, 1.54) is 5.00 Å². The summed E-state index contributed by atoms with van der Waals surface area (Å²) >= 11 is 1.83. The monoisotopic (exact) mass is 570 g/mol. The van der Waals surface area contributed by atoms with Crippen LogP contribution in [0.4, 0.5) is 10.9 Å². The molecule has 2 fully saturated rings. The number of piperidine rings is 1. The molecule has 0 aromatic carbocycles. The van der Waals surface area contributed by atoms with Crippen molar-refractivity contribution in [3.63, 3.8) is 0 Å². The Balaban J connectivity index is 0.00000289. The van der Waals surface area contributed by atoms with E-state index in [2.05, 4.69) is 59.7 Å². The van der Waals surface area contributed by atoms with Crippen LogP contribution in [0.25, 0.3) is 0 Å². The number of hydrogen-bond acceptors (Lipinski definition) is 7. The van der Waals surface area contributed by atoms with Crippen LogP contribution in [0.5, 0.6) is 0 Å². The number of piperazine rings is 1. The van der Waals surface area contributed by atoms with Gasteiger partial charge in [0.05, 0.1) is 11.5 Å². The first kappa shape index (κ1) is 25.0. The van der Waals surface area contributed by atoms with Crippen molar-refractivity contribution in [3.8, 4) is 0 Å². The molecule has 4 heterocycles. The molecule has 2 N–H and O–H groups in total. The van der Waals surface area contributed by atoms with Gasteiger partial charge in [0.15, 0.2) is 5.96 Å². The third-order valence-corrected chi connectivity index (χ3v) is 6.82. The number of nitrogens with zero attached hydrogens (tertiary/aromatic N) is 6. The molecular weight excluding hydrogens is 535 g/mol. The van der Waals surface area contributed by atoms with E-state index in [0.29, 0.717) is 6.04 Å². The number of hydrogen-bond donors (Lipinski definition) is 2. The molecule has 2 aromatic rings. The highest BCUT2D eigenvalue weighted by molar-refractivity contribution is 14.0. The van der Waals surface area contributed by atoms with Crippen molar-refractivity contribution in [1.29, 1.82) is 0 Å². The van der Waals surface area contributed by atoms with Crippen molar-refractivity contribution in [1.82, 2.24) is 25.5 Å². The second kappa shape index (κ2) is 13.1. The lowest BCUT2D eigenvalue weighted by atomic mass is 10.1. The van der Waals surface area contributed by atoms with Gasteiger partial charge in [-0.05, 0) is 43.3 Å². The Morgan fingerprint density at radius 1 is 1.06 bits per heavy atom. The normalized spacial score (nSPS) is 18.3. The third kappa shape index (κ3) is 7.17. The van der Waals surface area contributed by atoms with Crippen LogP contribution in [0.15, 0.2) is 41.0 Å². The van der Waals surface area contributed by atoms with E-state index in [4.69, 9.17) is 4.99 Å². The summed E-state index contributed by atoms with van der Waals surface area (Å²) in [7, 11) is 0. The Bertz CT molecular complexity index is 788. The summed E-state index contributed by atoms with van der Waals surface area (Å²) in [5, 5.41) is 10.6. The molecule has 10 heteroatoms.